The van der Waals surface area contributed by atoms with Crippen molar-refractivity contribution in [2.24, 2.45) is 5.41 Å². The number of alkyl halides is 2. The van der Waals surface area contributed by atoms with E-state index in [1.54, 1.807) is 4.90 Å². The molecule has 1 spiro atoms. The number of imidazole rings is 1. The van der Waals surface area contributed by atoms with Gasteiger partial charge >= 0.3 is 0 Å². The van der Waals surface area contributed by atoms with Gasteiger partial charge in [0.1, 0.15) is 16.3 Å². The molecular weight excluding hydrogens is 519 g/mol. The average molecular weight is 540 g/mol. The number of aromatic nitrogens is 4. The summed E-state index contributed by atoms with van der Waals surface area (Å²) in [7, 11) is -4.44. The fourth-order valence-corrected chi connectivity index (χ4v) is 6.79. The van der Waals surface area contributed by atoms with E-state index < -0.39 is 37.8 Å². The van der Waals surface area contributed by atoms with Gasteiger partial charge in [0.2, 0.25) is 0 Å². The third-order valence-corrected chi connectivity index (χ3v) is 9.50. The van der Waals surface area contributed by atoms with E-state index in [4.69, 9.17) is 11.3 Å². The molecule has 36 heavy (non-hydrogen) atoms. The second kappa shape index (κ2) is 8.10. The molecule has 0 aromatic carbocycles. The lowest BCUT2D eigenvalue weighted by molar-refractivity contribution is -0.124. The van der Waals surface area contributed by atoms with E-state index in [1.807, 2.05) is 0 Å². The number of rotatable bonds is 6. The summed E-state index contributed by atoms with van der Waals surface area (Å²) in [4.78, 5) is 8.80. The van der Waals surface area contributed by atoms with Gasteiger partial charge in [-0.1, -0.05) is 11.3 Å². The number of fused-ring (bicyclic) bond motifs is 1. The van der Waals surface area contributed by atoms with Gasteiger partial charge in [-0.2, -0.15) is 0 Å². The van der Waals surface area contributed by atoms with Crippen LogP contribution in [0, 0.1) is 17.8 Å². The Bertz CT molecular complexity index is 1500. The highest BCUT2D eigenvalue weighted by molar-refractivity contribution is 7.89. The van der Waals surface area contributed by atoms with Gasteiger partial charge in [-0.15, -0.1) is 14.9 Å². The molecule has 5 heterocycles. The molecule has 2 saturated heterocycles. The number of halogens is 3. The van der Waals surface area contributed by atoms with E-state index >= 15 is 4.39 Å². The molecule has 3 fully saturated rings. The van der Waals surface area contributed by atoms with Crippen LogP contribution < -0.4 is 9.62 Å². The van der Waals surface area contributed by atoms with Crippen molar-refractivity contribution >= 4 is 32.7 Å². The Kier molecular flexibility index (Phi) is 5.31. The largest absolute Gasteiger partial charge is 0.380 e. The molecule has 15 heteroatoms. The molecule has 190 valence electrons. The normalized spacial score (nSPS) is 20.6. The lowest BCUT2D eigenvalue weighted by Crippen LogP contribution is -2.51. The zero-order valence-electron chi connectivity index (χ0n) is 18.7. The first-order valence-corrected chi connectivity index (χ1v) is 13.5. The first-order chi connectivity index (χ1) is 17.2. The lowest BCUT2D eigenvalue weighted by Gasteiger charge is -2.47. The number of hydrogen-bond donors (Lipinski definition) is 1. The number of nitrogens with zero attached hydrogens (tertiary/aromatic N) is 6. The minimum absolute atomic E-state index is 0.00507. The Morgan fingerprint density at radius 2 is 1.92 bits per heavy atom. The minimum Gasteiger partial charge on any atom is -0.380 e. The van der Waals surface area contributed by atoms with Crippen LogP contribution in [-0.4, -0.2) is 60.0 Å². The topological polar surface area (TPSA) is 106 Å². The summed E-state index contributed by atoms with van der Waals surface area (Å²) in [6.07, 6.45) is 1.74. The fraction of sp³-hybridized carbons (Fsp3) is 0.524. The SMILES string of the molecule is [C-]#[N+]C1(NS(=O)(=O)c2cn3c(-c4nnc(C(F)F)s4)cnc3c(N3CCC4(CC3)COC4)c2F)CC1. The van der Waals surface area contributed by atoms with E-state index in [9.17, 15) is 17.2 Å². The molecule has 1 aliphatic carbocycles. The van der Waals surface area contributed by atoms with Crippen LogP contribution in [-0.2, 0) is 14.8 Å². The summed E-state index contributed by atoms with van der Waals surface area (Å²) in [5.74, 6) is -0.973. The van der Waals surface area contributed by atoms with Crippen LogP contribution in [0.3, 0.4) is 0 Å². The van der Waals surface area contributed by atoms with Gasteiger partial charge in [-0.3, -0.25) is 9.25 Å². The van der Waals surface area contributed by atoms with Crippen molar-refractivity contribution in [1.29, 1.82) is 0 Å². The molecule has 1 N–H and O–H groups in total. The Morgan fingerprint density at radius 3 is 2.47 bits per heavy atom. The number of nitrogens with one attached hydrogen (secondary N) is 1. The van der Waals surface area contributed by atoms with Gasteiger partial charge in [0, 0.05) is 24.7 Å². The number of ether oxygens (including phenoxy) is 1. The van der Waals surface area contributed by atoms with Crippen LogP contribution in [0.25, 0.3) is 21.2 Å². The molecule has 3 aromatic heterocycles. The van der Waals surface area contributed by atoms with Crippen molar-refractivity contribution < 1.29 is 26.3 Å². The van der Waals surface area contributed by atoms with Crippen molar-refractivity contribution in [3.8, 4) is 10.7 Å². The molecule has 0 amide bonds. The Hall–Kier alpha value is -2.80. The van der Waals surface area contributed by atoms with E-state index in [-0.39, 0.29) is 27.5 Å². The predicted molar refractivity (Wildman–Crippen MR) is 123 cm³/mol. The summed E-state index contributed by atoms with van der Waals surface area (Å²) in [6, 6.07) is 0. The highest BCUT2D eigenvalue weighted by atomic mass is 32.2. The number of piperidine rings is 1. The molecule has 6 rings (SSSR count). The molecule has 10 nitrogen and oxygen atoms in total. The van der Waals surface area contributed by atoms with Crippen LogP contribution >= 0.6 is 11.3 Å². The third-order valence-electron chi connectivity index (χ3n) is 7.03. The number of hydrogen-bond acceptors (Lipinski definition) is 8. The Labute approximate surface area is 208 Å². The minimum atomic E-state index is -4.44. The van der Waals surface area contributed by atoms with Crippen molar-refractivity contribution in [1.82, 2.24) is 24.3 Å². The zero-order chi connectivity index (χ0) is 25.3. The maximum absolute atomic E-state index is 16.1. The highest BCUT2D eigenvalue weighted by Crippen LogP contribution is 2.43. The van der Waals surface area contributed by atoms with Gasteiger partial charge in [0.25, 0.3) is 22.1 Å². The summed E-state index contributed by atoms with van der Waals surface area (Å²) < 4.78 is 77.9. The second-order valence-electron chi connectivity index (χ2n) is 9.47. The third kappa shape index (κ3) is 3.74. The van der Waals surface area contributed by atoms with Gasteiger partial charge < -0.3 is 9.64 Å². The number of anilines is 1. The van der Waals surface area contributed by atoms with Crippen molar-refractivity contribution in [2.75, 3.05) is 31.2 Å². The molecule has 3 aromatic rings. The van der Waals surface area contributed by atoms with Crippen LogP contribution in [0.5, 0.6) is 0 Å². The van der Waals surface area contributed by atoms with E-state index in [0.717, 1.165) is 19.0 Å². The molecule has 2 aliphatic heterocycles. The van der Waals surface area contributed by atoms with Crippen molar-refractivity contribution in [3.05, 3.63) is 34.6 Å². The molecule has 1 saturated carbocycles. The zero-order valence-corrected chi connectivity index (χ0v) is 20.4. The first kappa shape index (κ1) is 23.6. The second-order valence-corrected chi connectivity index (χ2v) is 12.1. The van der Waals surface area contributed by atoms with Crippen LogP contribution in [0.4, 0.5) is 18.9 Å². The predicted octanol–water partition coefficient (Wildman–Crippen LogP) is 3.23. The maximum Gasteiger partial charge on any atom is 0.299 e. The standard InChI is InChI=1S/C21H20F3N7O3S2/c1-25-21(2-3-21)29-36(32,33)13-9-31-12(18-27-28-19(35-18)16(23)24)8-26-17(31)15(14(13)22)30-6-4-20(5-7-30)10-34-11-20/h8-9,16,29H,2-7,10-11H2. The lowest BCUT2D eigenvalue weighted by atomic mass is 9.77. The number of pyridine rings is 1. The molecule has 3 aliphatic rings. The summed E-state index contributed by atoms with van der Waals surface area (Å²) in [5.41, 5.74) is -0.862. The van der Waals surface area contributed by atoms with Gasteiger partial charge in [-0.05, 0) is 12.8 Å². The molecule has 0 bridgehead atoms. The molecular formula is C21H20F3N7O3S2. The highest BCUT2D eigenvalue weighted by Gasteiger charge is 2.54. The van der Waals surface area contributed by atoms with Crippen LogP contribution in [0.1, 0.15) is 37.1 Å². The van der Waals surface area contributed by atoms with Crippen molar-refractivity contribution in [3.63, 3.8) is 0 Å². The van der Waals surface area contributed by atoms with Gasteiger partial charge in [0.15, 0.2) is 21.5 Å². The maximum atomic E-state index is 16.1. The summed E-state index contributed by atoms with van der Waals surface area (Å²) in [6.45, 7) is 9.54. The van der Waals surface area contributed by atoms with Gasteiger partial charge in [0.05, 0.1) is 32.3 Å². The molecule has 0 radical (unpaired) electrons. The fourth-order valence-electron chi connectivity index (χ4n) is 4.65. The van der Waals surface area contributed by atoms with E-state index in [0.29, 0.717) is 50.5 Å². The monoisotopic (exact) mass is 539 g/mol. The van der Waals surface area contributed by atoms with Gasteiger partial charge in [-0.25, -0.2) is 33.1 Å². The summed E-state index contributed by atoms with van der Waals surface area (Å²) in [5, 5.41) is 6.91. The average Bonchev–Trinajstić information content (AvgIpc) is 3.22. The van der Waals surface area contributed by atoms with Crippen molar-refractivity contribution in [2.45, 2.75) is 42.7 Å². The quantitative estimate of drug-likeness (QED) is 0.480. The summed E-state index contributed by atoms with van der Waals surface area (Å²) >= 11 is 0.647. The molecule has 0 atom stereocenters. The van der Waals surface area contributed by atoms with E-state index in [1.165, 1.54) is 10.6 Å². The molecule has 0 unspecified atom stereocenters. The van der Waals surface area contributed by atoms with Crippen LogP contribution in [0.15, 0.2) is 17.3 Å². The smallest absolute Gasteiger partial charge is 0.299 e. The number of sulfonamides is 1. The Morgan fingerprint density at radius 1 is 1.19 bits per heavy atom. The van der Waals surface area contributed by atoms with E-state index in [2.05, 4.69) is 24.7 Å². The first-order valence-electron chi connectivity index (χ1n) is 11.2. The Balaban J connectivity index is 1.49. The van der Waals surface area contributed by atoms with Crippen LogP contribution in [0.2, 0.25) is 0 Å².